The Hall–Kier alpha value is -3.81. The van der Waals surface area contributed by atoms with E-state index in [1.807, 2.05) is 18.2 Å². The predicted octanol–water partition coefficient (Wildman–Crippen LogP) is 10.6. The number of anilines is 2. The van der Waals surface area contributed by atoms with Crippen LogP contribution >= 0.6 is 15.9 Å². The third-order valence-electron chi connectivity index (χ3n) is 9.15. The van der Waals surface area contributed by atoms with Gasteiger partial charge in [0.1, 0.15) is 6.07 Å². The van der Waals surface area contributed by atoms with Crippen LogP contribution in [0.4, 0.5) is 11.4 Å². The van der Waals surface area contributed by atoms with Crippen LogP contribution in [0.1, 0.15) is 118 Å². The molecule has 0 radical (unpaired) electrons. The van der Waals surface area contributed by atoms with Crippen molar-refractivity contribution in [1.82, 2.24) is 0 Å². The maximum absolute atomic E-state index is 11.2. The second-order valence-corrected chi connectivity index (χ2v) is 17.0. The quantitative estimate of drug-likeness (QED) is 0.178. The van der Waals surface area contributed by atoms with E-state index in [1.165, 1.54) is 11.1 Å². The van der Waals surface area contributed by atoms with Crippen LogP contribution in [-0.4, -0.2) is 24.2 Å². The van der Waals surface area contributed by atoms with Crippen molar-refractivity contribution in [3.63, 3.8) is 0 Å². The highest BCUT2D eigenvalue weighted by atomic mass is 79.9. The molecule has 0 unspecified atom stereocenters. The molecule has 3 rings (SSSR count). The van der Waals surface area contributed by atoms with Crippen LogP contribution < -0.4 is 10.2 Å². The highest BCUT2D eigenvalue weighted by molar-refractivity contribution is 9.11. The minimum atomic E-state index is -0.856. The summed E-state index contributed by atoms with van der Waals surface area (Å²) in [6, 6.07) is 17.9. The number of aliphatic carboxylic acids is 1. The zero-order chi connectivity index (χ0) is 36.2. The zero-order valence-electron chi connectivity index (χ0n) is 30.7. The molecule has 0 saturated heterocycles. The summed E-state index contributed by atoms with van der Waals surface area (Å²) in [5.74, 6) is -0.856. The largest absolute Gasteiger partial charge is 0.481 e. The van der Waals surface area contributed by atoms with Crippen molar-refractivity contribution in [2.45, 2.75) is 117 Å². The van der Waals surface area contributed by atoms with Gasteiger partial charge in [0.15, 0.2) is 0 Å². The molecule has 1 heterocycles. The van der Waals surface area contributed by atoms with Gasteiger partial charge >= 0.3 is 5.97 Å². The first-order valence-corrected chi connectivity index (χ1v) is 17.6. The molecule has 1 aliphatic heterocycles. The van der Waals surface area contributed by atoms with Crippen LogP contribution in [-0.2, 0) is 26.5 Å². The number of nitrogens with zero attached hydrogens (tertiary/aromatic N) is 3. The number of fused-ring (bicyclic) bond motifs is 1. The first-order chi connectivity index (χ1) is 22.2. The molecule has 0 atom stereocenters. The van der Waals surface area contributed by atoms with Crippen molar-refractivity contribution in [3.05, 3.63) is 92.1 Å². The minimum absolute atomic E-state index is 0.00375. The lowest BCUT2D eigenvalue weighted by atomic mass is 9.75. The number of halogens is 1. The molecule has 0 amide bonds. The molecule has 2 N–H and O–H groups in total. The molecule has 0 aliphatic carbocycles. The van der Waals surface area contributed by atoms with Gasteiger partial charge in [0, 0.05) is 45.6 Å². The van der Waals surface area contributed by atoms with Gasteiger partial charge in [-0.15, -0.1) is 0 Å². The Kier molecular flexibility index (Phi) is 11.9. The van der Waals surface area contributed by atoms with E-state index in [0.29, 0.717) is 28.6 Å². The first kappa shape index (κ1) is 38.6. The van der Waals surface area contributed by atoms with E-state index in [9.17, 15) is 20.4 Å². The van der Waals surface area contributed by atoms with Crippen molar-refractivity contribution in [3.8, 4) is 12.1 Å². The Bertz CT molecular complexity index is 1720. The highest BCUT2D eigenvalue weighted by Gasteiger charge is 2.42. The average molecular weight is 714 g/mol. The zero-order valence-corrected chi connectivity index (χ0v) is 32.3. The van der Waals surface area contributed by atoms with Gasteiger partial charge in [-0.3, -0.25) is 4.79 Å². The Morgan fingerprint density at radius 3 is 2.10 bits per heavy atom. The second kappa shape index (κ2) is 14.8. The molecule has 0 fully saturated rings. The maximum Gasteiger partial charge on any atom is 0.305 e. The summed E-state index contributed by atoms with van der Waals surface area (Å²) in [6.07, 6.45) is 5.05. The normalized spacial score (nSPS) is 16.2. The summed E-state index contributed by atoms with van der Waals surface area (Å²) in [5.41, 5.74) is 7.83. The molecule has 2 aromatic rings. The minimum Gasteiger partial charge on any atom is -0.481 e. The summed E-state index contributed by atoms with van der Waals surface area (Å²) in [7, 11) is 0. The van der Waals surface area contributed by atoms with Crippen LogP contribution in [0, 0.1) is 22.7 Å². The second-order valence-electron chi connectivity index (χ2n) is 16.1. The van der Waals surface area contributed by atoms with Gasteiger partial charge < -0.3 is 15.3 Å². The number of hydrogen-bond donors (Lipinski definition) is 2. The fourth-order valence-electron chi connectivity index (χ4n) is 6.48. The molecular formula is C41H53BrN4O2. The molecule has 0 spiro atoms. The van der Waals surface area contributed by atoms with Crippen LogP contribution in [0.15, 0.2) is 69.9 Å². The van der Waals surface area contributed by atoms with Crippen molar-refractivity contribution in [1.29, 1.82) is 10.5 Å². The first-order valence-electron chi connectivity index (χ1n) is 16.8. The number of nitriles is 2. The molecule has 256 valence electrons. The number of hydrogen-bond acceptors (Lipinski definition) is 5. The van der Waals surface area contributed by atoms with Gasteiger partial charge in [0.25, 0.3) is 0 Å². The Labute approximate surface area is 297 Å². The molecule has 1 aliphatic rings. The molecule has 48 heavy (non-hydrogen) atoms. The van der Waals surface area contributed by atoms with Crippen LogP contribution in [0.3, 0.4) is 0 Å². The van der Waals surface area contributed by atoms with Crippen LogP contribution in [0.25, 0.3) is 0 Å². The molecule has 7 heteroatoms. The van der Waals surface area contributed by atoms with E-state index in [1.54, 1.807) is 0 Å². The van der Waals surface area contributed by atoms with Gasteiger partial charge in [-0.2, -0.15) is 10.5 Å². The van der Waals surface area contributed by atoms with E-state index in [0.717, 1.165) is 41.2 Å². The van der Waals surface area contributed by atoms with Gasteiger partial charge in [0.05, 0.1) is 18.1 Å². The molecule has 0 saturated carbocycles. The lowest BCUT2D eigenvalue weighted by Gasteiger charge is -2.31. The average Bonchev–Trinajstić information content (AvgIpc) is 3.19. The predicted molar refractivity (Wildman–Crippen MR) is 203 cm³/mol. The monoisotopic (exact) mass is 712 g/mol. The van der Waals surface area contributed by atoms with E-state index in [-0.39, 0.29) is 17.3 Å². The summed E-state index contributed by atoms with van der Waals surface area (Å²) in [4.78, 5) is 13.5. The van der Waals surface area contributed by atoms with Crippen molar-refractivity contribution >= 4 is 33.3 Å². The number of carboxylic acids is 1. The van der Waals surface area contributed by atoms with E-state index >= 15 is 0 Å². The smallest absolute Gasteiger partial charge is 0.305 e. The fourth-order valence-corrected chi connectivity index (χ4v) is 6.99. The Morgan fingerprint density at radius 2 is 1.56 bits per heavy atom. The summed E-state index contributed by atoms with van der Waals surface area (Å²) < 4.78 is 0.653. The number of nitrogens with one attached hydrogen (secondary N) is 1. The summed E-state index contributed by atoms with van der Waals surface area (Å²) in [6.45, 7) is 25.0. The van der Waals surface area contributed by atoms with E-state index < -0.39 is 16.8 Å². The van der Waals surface area contributed by atoms with E-state index in [2.05, 4.69) is 145 Å². The number of carbonyl (C=O) groups is 1. The number of benzene rings is 2. The lowest BCUT2D eigenvalue weighted by molar-refractivity contribution is -0.136. The van der Waals surface area contributed by atoms with Gasteiger partial charge in [0.2, 0.25) is 0 Å². The van der Waals surface area contributed by atoms with E-state index in [4.69, 9.17) is 0 Å². The molecule has 0 bridgehead atoms. The van der Waals surface area contributed by atoms with Gasteiger partial charge in [-0.25, -0.2) is 0 Å². The number of allylic oxidation sites excluding steroid dienone is 6. The SMILES string of the molecule is CCCN1/C(=C(C#N)/C=C(Br)/C=C(\C#N)CC(C)(C)c2cc(C(C)(C)C)ccc2NCCC(=O)O)C(C)(C)c2cc(C(C)(C)C)ccc21. The number of carboxylic acid groups (broad SMARTS) is 1. The lowest BCUT2D eigenvalue weighted by Crippen LogP contribution is -2.28. The molecular weight excluding hydrogens is 660 g/mol. The van der Waals surface area contributed by atoms with Crippen LogP contribution in [0.2, 0.25) is 0 Å². The maximum atomic E-state index is 11.2. The highest BCUT2D eigenvalue weighted by Crippen LogP contribution is 2.50. The summed E-state index contributed by atoms with van der Waals surface area (Å²) in [5, 5.41) is 33.4. The molecule has 2 aromatic carbocycles. The Morgan fingerprint density at radius 1 is 0.958 bits per heavy atom. The van der Waals surface area contributed by atoms with Gasteiger partial charge in [-0.1, -0.05) is 116 Å². The summed E-state index contributed by atoms with van der Waals surface area (Å²) >= 11 is 3.70. The third-order valence-corrected chi connectivity index (χ3v) is 9.61. The standard InChI is InChI=1S/C41H53BrN4O2/c1-12-19-46-35-16-14-30(39(5,6)7)23-33(35)41(10,11)37(46)28(26-44)21-31(42)20-27(25-43)24-40(8,9)32-22-29(38(2,3)4)13-15-34(32)45-18-17-36(47)48/h13-16,20-23,45H,12,17-19,24H2,1-11H3,(H,47,48)/b27-20-,31-21-,37-28-. The Balaban J connectivity index is 2.07. The van der Waals surface area contributed by atoms with Crippen LogP contribution in [0.5, 0.6) is 0 Å². The third kappa shape index (κ3) is 8.80. The van der Waals surface area contributed by atoms with Crippen molar-refractivity contribution < 1.29 is 9.90 Å². The molecule has 0 aromatic heterocycles. The van der Waals surface area contributed by atoms with Gasteiger partial charge in [-0.05, 0) is 75.6 Å². The van der Waals surface area contributed by atoms with Crippen molar-refractivity contribution in [2.75, 3.05) is 23.3 Å². The molecule has 6 nitrogen and oxygen atoms in total. The fraction of sp³-hybridized carbons (Fsp3) is 0.488. The number of rotatable bonds is 11. The van der Waals surface area contributed by atoms with Crippen molar-refractivity contribution in [2.24, 2.45) is 0 Å². The topological polar surface area (TPSA) is 100 Å².